The maximum absolute atomic E-state index is 13.7. The highest BCUT2D eigenvalue weighted by molar-refractivity contribution is 9.10. The van der Waals surface area contributed by atoms with Crippen LogP contribution in [0, 0.1) is 11.6 Å². The van der Waals surface area contributed by atoms with Gasteiger partial charge in [-0.15, -0.1) is 0 Å². The van der Waals surface area contributed by atoms with Crippen molar-refractivity contribution < 1.29 is 13.6 Å². The second kappa shape index (κ2) is 6.66. The largest absolute Gasteiger partial charge is 0.345 e. The second-order valence-corrected chi connectivity index (χ2v) is 6.32. The Morgan fingerprint density at radius 3 is 2.10 bits per heavy atom. The Labute approximate surface area is 137 Å². The minimum absolute atomic E-state index is 0.245. The predicted octanol–water partition coefficient (Wildman–Crippen LogP) is 4.98. The lowest BCUT2D eigenvalue weighted by Gasteiger charge is -2.15. The molecule has 0 bridgehead atoms. The van der Waals surface area contributed by atoms with Crippen molar-refractivity contribution >= 4 is 37.8 Å². The zero-order valence-electron chi connectivity index (χ0n) is 11.0. The first-order valence-corrected chi connectivity index (χ1v) is 7.68. The van der Waals surface area contributed by atoms with E-state index in [1.54, 1.807) is 6.92 Å². The molecule has 0 spiro atoms. The van der Waals surface area contributed by atoms with Crippen molar-refractivity contribution in [2.24, 2.45) is 0 Å². The van der Waals surface area contributed by atoms with Crippen LogP contribution in [0.4, 0.5) is 8.78 Å². The van der Waals surface area contributed by atoms with Gasteiger partial charge in [0.25, 0.3) is 5.91 Å². The Balaban J connectivity index is 2.20. The van der Waals surface area contributed by atoms with E-state index in [0.717, 1.165) is 22.2 Å². The van der Waals surface area contributed by atoms with Gasteiger partial charge in [0.2, 0.25) is 0 Å². The third kappa shape index (κ3) is 3.89. The standard InChI is InChI=1S/C15H11Br2F2NO/c1-8(9-2-4-10(16)5-3-9)20-15(21)14-12(18)6-11(17)7-13(14)19/h2-8H,1H3,(H,20,21)/t8-/m0/s1. The third-order valence-corrected chi connectivity index (χ3v) is 3.94. The Morgan fingerprint density at radius 1 is 1.05 bits per heavy atom. The summed E-state index contributed by atoms with van der Waals surface area (Å²) in [5.74, 6) is -2.59. The van der Waals surface area contributed by atoms with Gasteiger partial charge in [0.1, 0.15) is 17.2 Å². The molecule has 2 rings (SSSR count). The predicted molar refractivity (Wildman–Crippen MR) is 84.1 cm³/mol. The summed E-state index contributed by atoms with van der Waals surface area (Å²) in [4.78, 5) is 12.0. The number of halogens is 4. The fourth-order valence-corrected chi connectivity index (χ4v) is 2.53. The Morgan fingerprint density at radius 2 is 1.57 bits per heavy atom. The van der Waals surface area contributed by atoms with Crippen molar-refractivity contribution in [1.82, 2.24) is 5.32 Å². The van der Waals surface area contributed by atoms with Gasteiger partial charge in [-0.25, -0.2) is 8.78 Å². The van der Waals surface area contributed by atoms with Crippen molar-refractivity contribution in [1.29, 1.82) is 0 Å². The molecular formula is C15H11Br2F2NO. The molecule has 0 aliphatic rings. The fraction of sp³-hybridized carbons (Fsp3) is 0.133. The van der Waals surface area contributed by atoms with Crippen molar-refractivity contribution in [3.63, 3.8) is 0 Å². The van der Waals surface area contributed by atoms with Gasteiger partial charge in [0, 0.05) is 8.95 Å². The maximum atomic E-state index is 13.7. The van der Waals surface area contributed by atoms with Gasteiger partial charge in [-0.05, 0) is 36.8 Å². The number of hydrogen-bond donors (Lipinski definition) is 1. The van der Waals surface area contributed by atoms with E-state index in [0.29, 0.717) is 0 Å². The molecule has 0 aliphatic carbocycles. The highest BCUT2D eigenvalue weighted by Gasteiger charge is 2.20. The monoisotopic (exact) mass is 417 g/mol. The van der Waals surface area contributed by atoms with Gasteiger partial charge in [-0.3, -0.25) is 4.79 Å². The lowest BCUT2D eigenvalue weighted by molar-refractivity contribution is 0.0931. The zero-order chi connectivity index (χ0) is 15.6. The molecule has 1 N–H and O–H groups in total. The molecule has 2 nitrogen and oxygen atoms in total. The number of nitrogens with one attached hydrogen (secondary N) is 1. The van der Waals surface area contributed by atoms with Crippen LogP contribution in [0.15, 0.2) is 45.3 Å². The van der Waals surface area contributed by atoms with Crippen molar-refractivity contribution in [2.45, 2.75) is 13.0 Å². The van der Waals surface area contributed by atoms with Crippen molar-refractivity contribution in [2.75, 3.05) is 0 Å². The molecule has 2 aromatic rings. The fourth-order valence-electron chi connectivity index (χ4n) is 1.86. The van der Waals surface area contributed by atoms with E-state index >= 15 is 0 Å². The molecule has 0 fully saturated rings. The first-order valence-electron chi connectivity index (χ1n) is 6.09. The lowest BCUT2D eigenvalue weighted by atomic mass is 10.1. The molecule has 21 heavy (non-hydrogen) atoms. The van der Waals surface area contributed by atoms with Gasteiger partial charge in [0.05, 0.1) is 6.04 Å². The average Bonchev–Trinajstić information content (AvgIpc) is 2.37. The first-order chi connectivity index (χ1) is 9.88. The Bertz CT molecular complexity index is 651. The summed E-state index contributed by atoms with van der Waals surface area (Å²) in [6, 6.07) is 9.06. The summed E-state index contributed by atoms with van der Waals surface area (Å²) in [6.45, 7) is 1.75. The van der Waals surface area contributed by atoms with Crippen molar-refractivity contribution in [3.05, 3.63) is 68.1 Å². The minimum Gasteiger partial charge on any atom is -0.345 e. The molecule has 0 heterocycles. The Kier molecular flexibility index (Phi) is 5.11. The summed E-state index contributed by atoms with van der Waals surface area (Å²) in [5.41, 5.74) is 0.256. The second-order valence-electron chi connectivity index (χ2n) is 4.49. The average molecular weight is 419 g/mol. The molecule has 0 radical (unpaired) electrons. The van der Waals surface area contributed by atoms with Gasteiger partial charge in [-0.2, -0.15) is 0 Å². The van der Waals surface area contributed by atoms with Crippen LogP contribution < -0.4 is 5.32 Å². The summed E-state index contributed by atoms with van der Waals surface area (Å²) >= 11 is 6.29. The number of benzene rings is 2. The maximum Gasteiger partial charge on any atom is 0.257 e. The molecule has 2 aromatic carbocycles. The number of rotatable bonds is 3. The summed E-state index contributed by atoms with van der Waals surface area (Å²) < 4.78 is 28.6. The van der Waals surface area contributed by atoms with E-state index in [9.17, 15) is 13.6 Å². The van der Waals surface area contributed by atoms with Gasteiger partial charge in [-0.1, -0.05) is 44.0 Å². The molecule has 110 valence electrons. The highest BCUT2D eigenvalue weighted by Crippen LogP contribution is 2.21. The molecule has 1 atom stereocenters. The van der Waals surface area contributed by atoms with E-state index in [4.69, 9.17) is 0 Å². The van der Waals surface area contributed by atoms with Crippen LogP contribution in [0.2, 0.25) is 0 Å². The Hall–Kier alpha value is -1.27. The van der Waals surface area contributed by atoms with Crippen LogP contribution >= 0.6 is 31.9 Å². The molecule has 6 heteroatoms. The highest BCUT2D eigenvalue weighted by atomic mass is 79.9. The number of carbonyl (C=O) groups excluding carboxylic acids is 1. The molecule has 0 saturated heterocycles. The number of hydrogen-bond acceptors (Lipinski definition) is 1. The van der Waals surface area contributed by atoms with Gasteiger partial charge >= 0.3 is 0 Å². The van der Waals surface area contributed by atoms with Crippen LogP contribution in [-0.2, 0) is 0 Å². The van der Waals surface area contributed by atoms with Crippen molar-refractivity contribution in [3.8, 4) is 0 Å². The molecule has 0 aliphatic heterocycles. The van der Waals surface area contributed by atoms with Gasteiger partial charge < -0.3 is 5.32 Å². The number of amides is 1. The minimum atomic E-state index is -0.901. The van der Waals surface area contributed by atoms with E-state index in [1.165, 1.54) is 0 Å². The van der Waals surface area contributed by atoms with Gasteiger partial charge in [0.15, 0.2) is 0 Å². The van der Waals surface area contributed by atoms with Crippen LogP contribution in [0.5, 0.6) is 0 Å². The van der Waals surface area contributed by atoms with E-state index in [1.807, 2.05) is 24.3 Å². The smallest absolute Gasteiger partial charge is 0.257 e. The van der Waals surface area contributed by atoms with Crippen LogP contribution in [0.3, 0.4) is 0 Å². The third-order valence-electron chi connectivity index (χ3n) is 2.95. The summed E-state index contributed by atoms with van der Waals surface area (Å²) in [5, 5.41) is 2.58. The summed E-state index contributed by atoms with van der Waals surface area (Å²) in [7, 11) is 0. The quantitative estimate of drug-likeness (QED) is 0.748. The normalized spacial score (nSPS) is 12.0. The van der Waals surface area contributed by atoms with Crippen LogP contribution in [0.1, 0.15) is 28.9 Å². The molecular weight excluding hydrogens is 408 g/mol. The molecule has 0 unspecified atom stereocenters. The topological polar surface area (TPSA) is 29.1 Å². The molecule has 0 aromatic heterocycles. The first kappa shape index (κ1) is 16.1. The van der Waals surface area contributed by atoms with Crippen LogP contribution in [-0.4, -0.2) is 5.91 Å². The molecule has 0 saturated carbocycles. The zero-order valence-corrected chi connectivity index (χ0v) is 14.1. The number of carbonyl (C=O) groups is 1. The van der Waals surface area contributed by atoms with E-state index < -0.39 is 23.1 Å². The van der Waals surface area contributed by atoms with Crippen LogP contribution in [0.25, 0.3) is 0 Å². The molecule has 1 amide bonds. The lowest BCUT2D eigenvalue weighted by Crippen LogP contribution is -2.28. The van der Waals surface area contributed by atoms with E-state index in [-0.39, 0.29) is 10.5 Å². The van der Waals surface area contributed by atoms with E-state index in [2.05, 4.69) is 37.2 Å². The SMILES string of the molecule is C[C@H](NC(=O)c1c(F)cc(Br)cc1F)c1ccc(Br)cc1. The summed E-state index contributed by atoms with van der Waals surface area (Å²) in [6.07, 6.45) is 0.